The van der Waals surface area contributed by atoms with Gasteiger partial charge in [0.1, 0.15) is 12.7 Å². The van der Waals surface area contributed by atoms with Gasteiger partial charge in [0.05, 0.1) is 0 Å². The van der Waals surface area contributed by atoms with Gasteiger partial charge in [0.2, 0.25) is 11.9 Å². The predicted octanol–water partition coefficient (Wildman–Crippen LogP) is 0.952. The zero-order valence-electron chi connectivity index (χ0n) is 11.3. The minimum absolute atomic E-state index is 0.440. The molecule has 19 heavy (non-hydrogen) atoms. The van der Waals surface area contributed by atoms with Gasteiger partial charge in [-0.15, -0.1) is 0 Å². The Morgan fingerprint density at radius 3 is 2.47 bits per heavy atom. The van der Waals surface area contributed by atoms with Crippen molar-refractivity contribution in [2.24, 2.45) is 5.92 Å². The van der Waals surface area contributed by atoms with Crippen LogP contribution in [0, 0.1) is 5.92 Å². The van der Waals surface area contributed by atoms with E-state index in [0.717, 1.165) is 13.1 Å². The molecule has 0 bridgehead atoms. The third-order valence-electron chi connectivity index (χ3n) is 2.25. The Kier molecular flexibility index (Phi) is 4.22. The molecule has 0 aliphatic heterocycles. The normalized spacial score (nSPS) is 10.7. The maximum absolute atomic E-state index is 4.32. The fourth-order valence-electron chi connectivity index (χ4n) is 1.39. The van der Waals surface area contributed by atoms with Crippen LogP contribution in [0.3, 0.4) is 0 Å². The van der Waals surface area contributed by atoms with Crippen molar-refractivity contribution in [2.45, 2.75) is 20.8 Å². The second-order valence-corrected chi connectivity index (χ2v) is 4.43. The van der Waals surface area contributed by atoms with Crippen LogP contribution in [-0.2, 0) is 0 Å². The second-order valence-electron chi connectivity index (χ2n) is 4.43. The lowest BCUT2D eigenvalue weighted by molar-refractivity contribution is 0.682. The Morgan fingerprint density at radius 1 is 1.16 bits per heavy atom. The predicted molar refractivity (Wildman–Crippen MR) is 72.2 cm³/mol. The molecule has 0 saturated heterocycles. The maximum Gasteiger partial charge on any atom is 0.258 e. The van der Waals surface area contributed by atoms with E-state index in [2.05, 4.69) is 49.5 Å². The van der Waals surface area contributed by atoms with Crippen molar-refractivity contribution in [2.75, 3.05) is 23.7 Å². The van der Waals surface area contributed by atoms with Crippen LogP contribution >= 0.6 is 0 Å². The van der Waals surface area contributed by atoms with Gasteiger partial charge in [-0.2, -0.15) is 24.7 Å². The lowest BCUT2D eigenvalue weighted by Crippen LogP contribution is -2.15. The summed E-state index contributed by atoms with van der Waals surface area (Å²) in [5, 5.41) is 10.3. The summed E-state index contributed by atoms with van der Waals surface area (Å²) < 4.78 is 1.50. The Bertz CT molecular complexity index is 507. The topological polar surface area (TPSA) is 93.4 Å². The first-order valence-electron chi connectivity index (χ1n) is 6.28. The Hall–Kier alpha value is -2.25. The highest BCUT2D eigenvalue weighted by atomic mass is 15.4. The van der Waals surface area contributed by atoms with Crippen LogP contribution in [0.15, 0.2) is 12.7 Å². The quantitative estimate of drug-likeness (QED) is 0.800. The van der Waals surface area contributed by atoms with Crippen molar-refractivity contribution in [1.29, 1.82) is 0 Å². The number of nitrogens with zero attached hydrogens (tertiary/aromatic N) is 6. The standard InChI is InChI=1S/C11H18N8/c1-4-13-9-16-10(14-5-8(2)3)18-11(17-9)19-7-12-6-15-19/h6-8H,4-5H2,1-3H3,(H2,13,14,16,17,18). The Labute approximate surface area is 111 Å². The molecule has 102 valence electrons. The average Bonchev–Trinajstić information content (AvgIpc) is 2.90. The van der Waals surface area contributed by atoms with Gasteiger partial charge < -0.3 is 10.6 Å². The summed E-state index contributed by atoms with van der Waals surface area (Å²) in [6, 6.07) is 0. The fraction of sp³-hybridized carbons (Fsp3) is 0.545. The molecule has 2 aromatic rings. The number of anilines is 2. The van der Waals surface area contributed by atoms with E-state index in [9.17, 15) is 0 Å². The molecule has 8 nitrogen and oxygen atoms in total. The van der Waals surface area contributed by atoms with Crippen molar-refractivity contribution in [3.63, 3.8) is 0 Å². The fourth-order valence-corrected chi connectivity index (χ4v) is 1.39. The van der Waals surface area contributed by atoms with Gasteiger partial charge in [-0.05, 0) is 12.8 Å². The van der Waals surface area contributed by atoms with Crippen LogP contribution in [0.4, 0.5) is 11.9 Å². The Morgan fingerprint density at radius 2 is 1.89 bits per heavy atom. The molecule has 2 N–H and O–H groups in total. The SMILES string of the molecule is CCNc1nc(NCC(C)C)nc(-n2cncn2)n1. The van der Waals surface area contributed by atoms with Crippen molar-refractivity contribution in [1.82, 2.24) is 29.7 Å². The van der Waals surface area contributed by atoms with E-state index >= 15 is 0 Å². The van der Waals surface area contributed by atoms with Crippen LogP contribution in [-0.4, -0.2) is 42.8 Å². The minimum Gasteiger partial charge on any atom is -0.354 e. The number of rotatable bonds is 6. The van der Waals surface area contributed by atoms with E-state index in [1.54, 1.807) is 6.33 Å². The highest BCUT2D eigenvalue weighted by Gasteiger charge is 2.08. The molecular formula is C11H18N8. The van der Waals surface area contributed by atoms with Gasteiger partial charge in [-0.3, -0.25) is 0 Å². The van der Waals surface area contributed by atoms with Gasteiger partial charge in [-0.25, -0.2) is 4.98 Å². The molecule has 0 aliphatic rings. The largest absolute Gasteiger partial charge is 0.354 e. The maximum atomic E-state index is 4.32. The minimum atomic E-state index is 0.440. The highest BCUT2D eigenvalue weighted by molar-refractivity contribution is 5.37. The molecule has 0 aromatic carbocycles. The van der Waals surface area contributed by atoms with Crippen LogP contribution in [0.25, 0.3) is 5.95 Å². The molecule has 0 aliphatic carbocycles. The molecule has 0 amide bonds. The lowest BCUT2D eigenvalue weighted by atomic mass is 10.2. The molecule has 0 fully saturated rings. The number of nitrogens with one attached hydrogen (secondary N) is 2. The van der Waals surface area contributed by atoms with E-state index in [1.807, 2.05) is 6.92 Å². The molecule has 2 aromatic heterocycles. The summed E-state index contributed by atoms with van der Waals surface area (Å²) in [4.78, 5) is 16.8. The van der Waals surface area contributed by atoms with Gasteiger partial charge in [0.25, 0.3) is 5.95 Å². The van der Waals surface area contributed by atoms with Crippen LogP contribution in [0.5, 0.6) is 0 Å². The Balaban J connectivity index is 2.27. The summed E-state index contributed by atoms with van der Waals surface area (Å²) in [5.74, 6) is 2.00. The molecule has 0 saturated carbocycles. The van der Waals surface area contributed by atoms with Crippen LogP contribution in [0.1, 0.15) is 20.8 Å². The molecule has 0 unspecified atom stereocenters. The van der Waals surface area contributed by atoms with Gasteiger partial charge in [0, 0.05) is 13.1 Å². The van der Waals surface area contributed by atoms with Crippen LogP contribution in [0.2, 0.25) is 0 Å². The lowest BCUT2D eigenvalue weighted by Gasteiger charge is -2.10. The smallest absolute Gasteiger partial charge is 0.258 e. The number of hydrogen-bond acceptors (Lipinski definition) is 7. The van der Waals surface area contributed by atoms with E-state index < -0.39 is 0 Å². The first kappa shape index (κ1) is 13.2. The summed E-state index contributed by atoms with van der Waals surface area (Å²) >= 11 is 0. The zero-order chi connectivity index (χ0) is 13.7. The molecule has 2 heterocycles. The summed E-state index contributed by atoms with van der Waals surface area (Å²) in [6.45, 7) is 7.77. The monoisotopic (exact) mass is 262 g/mol. The number of hydrogen-bond donors (Lipinski definition) is 2. The van der Waals surface area contributed by atoms with E-state index in [0.29, 0.717) is 23.8 Å². The summed E-state index contributed by atoms with van der Waals surface area (Å²) in [7, 11) is 0. The first-order valence-corrected chi connectivity index (χ1v) is 6.28. The summed E-state index contributed by atoms with van der Waals surface area (Å²) in [6.07, 6.45) is 3.00. The molecule has 0 atom stereocenters. The van der Waals surface area contributed by atoms with Crippen molar-refractivity contribution < 1.29 is 0 Å². The first-order chi connectivity index (χ1) is 9.19. The van der Waals surface area contributed by atoms with Gasteiger partial charge >= 0.3 is 0 Å². The third-order valence-corrected chi connectivity index (χ3v) is 2.25. The average molecular weight is 262 g/mol. The van der Waals surface area contributed by atoms with Gasteiger partial charge in [-0.1, -0.05) is 13.8 Å². The molecule has 0 radical (unpaired) electrons. The van der Waals surface area contributed by atoms with Crippen molar-refractivity contribution >= 4 is 11.9 Å². The van der Waals surface area contributed by atoms with E-state index in [4.69, 9.17) is 0 Å². The highest BCUT2D eigenvalue weighted by Crippen LogP contribution is 2.08. The molecule has 8 heteroatoms. The third kappa shape index (κ3) is 3.60. The zero-order valence-corrected chi connectivity index (χ0v) is 11.3. The summed E-state index contributed by atoms with van der Waals surface area (Å²) in [5.41, 5.74) is 0. The van der Waals surface area contributed by atoms with Crippen molar-refractivity contribution in [3.8, 4) is 5.95 Å². The van der Waals surface area contributed by atoms with Crippen LogP contribution < -0.4 is 10.6 Å². The van der Waals surface area contributed by atoms with E-state index in [-0.39, 0.29) is 0 Å². The molecular weight excluding hydrogens is 244 g/mol. The molecule has 2 rings (SSSR count). The second kappa shape index (κ2) is 6.07. The molecule has 0 spiro atoms. The number of aromatic nitrogens is 6. The van der Waals surface area contributed by atoms with Gasteiger partial charge in [0.15, 0.2) is 0 Å². The van der Waals surface area contributed by atoms with Crippen molar-refractivity contribution in [3.05, 3.63) is 12.7 Å². The van der Waals surface area contributed by atoms with E-state index in [1.165, 1.54) is 11.0 Å².